The Morgan fingerprint density at radius 1 is 1.30 bits per heavy atom. The normalized spacial score (nSPS) is 17.7. The van der Waals surface area contributed by atoms with Crippen LogP contribution in [0, 0.1) is 0 Å². The van der Waals surface area contributed by atoms with Crippen LogP contribution in [0.5, 0.6) is 5.75 Å². The van der Waals surface area contributed by atoms with E-state index in [0.29, 0.717) is 17.5 Å². The second-order valence-electron chi connectivity index (χ2n) is 5.92. The molecule has 2 rings (SSSR count). The third-order valence-electron chi connectivity index (χ3n) is 4.47. The van der Waals surface area contributed by atoms with Gasteiger partial charge in [0.15, 0.2) is 0 Å². The van der Waals surface area contributed by atoms with Gasteiger partial charge in [-0.15, -0.1) is 0 Å². The van der Waals surface area contributed by atoms with Gasteiger partial charge in [0.2, 0.25) is 11.8 Å². The summed E-state index contributed by atoms with van der Waals surface area (Å²) in [6.07, 6.45) is 4.22. The van der Waals surface area contributed by atoms with Crippen LogP contribution in [0.4, 0.5) is 5.69 Å². The Morgan fingerprint density at radius 2 is 2.04 bits per heavy atom. The first kappa shape index (κ1) is 17.3. The SMILES string of the molecule is CCC1CCCCN1C(=O)CN(C(C)=O)c1ccccc1OC. The van der Waals surface area contributed by atoms with E-state index in [-0.39, 0.29) is 18.4 Å². The van der Waals surface area contributed by atoms with Crippen molar-refractivity contribution in [3.8, 4) is 5.75 Å². The van der Waals surface area contributed by atoms with E-state index in [0.717, 1.165) is 25.8 Å². The number of methoxy groups -OCH3 is 1. The second-order valence-corrected chi connectivity index (χ2v) is 5.92. The van der Waals surface area contributed by atoms with Crippen LogP contribution in [0.1, 0.15) is 39.5 Å². The molecule has 1 saturated heterocycles. The van der Waals surface area contributed by atoms with Gasteiger partial charge in [-0.25, -0.2) is 0 Å². The maximum atomic E-state index is 12.7. The Hall–Kier alpha value is -2.04. The monoisotopic (exact) mass is 318 g/mol. The molecule has 1 unspecified atom stereocenters. The van der Waals surface area contributed by atoms with Crippen LogP contribution in [-0.2, 0) is 9.59 Å². The maximum absolute atomic E-state index is 12.7. The van der Waals surface area contributed by atoms with Crippen molar-refractivity contribution < 1.29 is 14.3 Å². The molecule has 0 N–H and O–H groups in total. The lowest BCUT2D eigenvalue weighted by atomic mass is 10.00. The van der Waals surface area contributed by atoms with Crippen molar-refractivity contribution in [2.75, 3.05) is 25.1 Å². The fourth-order valence-electron chi connectivity index (χ4n) is 3.20. The number of carbonyl (C=O) groups is 2. The zero-order chi connectivity index (χ0) is 16.8. The molecule has 5 heteroatoms. The van der Waals surface area contributed by atoms with Gasteiger partial charge < -0.3 is 9.64 Å². The van der Waals surface area contributed by atoms with Crippen LogP contribution < -0.4 is 9.64 Å². The number of anilines is 1. The molecule has 0 spiro atoms. The highest BCUT2D eigenvalue weighted by molar-refractivity contribution is 5.98. The molecular weight excluding hydrogens is 292 g/mol. The van der Waals surface area contributed by atoms with Crippen LogP contribution in [0.2, 0.25) is 0 Å². The highest BCUT2D eigenvalue weighted by Gasteiger charge is 2.28. The van der Waals surface area contributed by atoms with E-state index in [9.17, 15) is 9.59 Å². The molecule has 1 atom stereocenters. The highest BCUT2D eigenvalue weighted by Crippen LogP contribution is 2.28. The first-order valence-electron chi connectivity index (χ1n) is 8.29. The average molecular weight is 318 g/mol. The summed E-state index contributed by atoms with van der Waals surface area (Å²) in [6, 6.07) is 7.59. The Balaban J connectivity index is 2.19. The van der Waals surface area contributed by atoms with Gasteiger partial charge in [-0.3, -0.25) is 14.5 Å². The highest BCUT2D eigenvalue weighted by atomic mass is 16.5. The molecule has 5 nitrogen and oxygen atoms in total. The second kappa shape index (κ2) is 7.99. The van der Waals surface area contributed by atoms with Gasteiger partial charge in [-0.2, -0.15) is 0 Å². The summed E-state index contributed by atoms with van der Waals surface area (Å²) in [4.78, 5) is 28.3. The number of rotatable bonds is 5. The predicted molar refractivity (Wildman–Crippen MR) is 90.7 cm³/mol. The van der Waals surface area contributed by atoms with E-state index in [1.54, 1.807) is 19.2 Å². The summed E-state index contributed by atoms with van der Waals surface area (Å²) < 4.78 is 5.33. The average Bonchev–Trinajstić information content (AvgIpc) is 2.59. The number of ether oxygens (including phenoxy) is 1. The fraction of sp³-hybridized carbons (Fsp3) is 0.556. The summed E-state index contributed by atoms with van der Waals surface area (Å²) in [5, 5.41) is 0. The minimum absolute atomic E-state index is 0.0117. The number of para-hydroxylation sites is 2. The summed E-state index contributed by atoms with van der Waals surface area (Å²) in [5.41, 5.74) is 0.640. The lowest BCUT2D eigenvalue weighted by molar-refractivity contribution is -0.134. The van der Waals surface area contributed by atoms with Crippen LogP contribution in [-0.4, -0.2) is 43.0 Å². The molecule has 2 amide bonds. The predicted octanol–water partition coefficient (Wildman–Crippen LogP) is 2.84. The van der Waals surface area contributed by atoms with E-state index < -0.39 is 0 Å². The number of hydrogen-bond donors (Lipinski definition) is 0. The zero-order valence-corrected chi connectivity index (χ0v) is 14.2. The maximum Gasteiger partial charge on any atom is 0.242 e. The zero-order valence-electron chi connectivity index (χ0n) is 14.2. The van der Waals surface area contributed by atoms with Gasteiger partial charge in [0, 0.05) is 19.5 Å². The van der Waals surface area contributed by atoms with Crippen molar-refractivity contribution in [1.82, 2.24) is 4.90 Å². The summed E-state index contributed by atoms with van der Waals surface area (Å²) in [6.45, 7) is 4.44. The van der Waals surface area contributed by atoms with Gasteiger partial charge in [0.05, 0.1) is 12.8 Å². The number of carbonyl (C=O) groups excluding carboxylic acids is 2. The van der Waals surface area contributed by atoms with Crippen molar-refractivity contribution in [1.29, 1.82) is 0 Å². The molecule has 126 valence electrons. The van der Waals surface area contributed by atoms with E-state index in [1.807, 2.05) is 17.0 Å². The summed E-state index contributed by atoms with van der Waals surface area (Å²) in [7, 11) is 1.57. The first-order valence-corrected chi connectivity index (χ1v) is 8.29. The molecule has 0 saturated carbocycles. The molecule has 0 radical (unpaired) electrons. The van der Waals surface area contributed by atoms with Crippen molar-refractivity contribution in [3.05, 3.63) is 24.3 Å². The Morgan fingerprint density at radius 3 is 2.70 bits per heavy atom. The van der Waals surface area contributed by atoms with E-state index >= 15 is 0 Å². The minimum atomic E-state index is -0.159. The number of hydrogen-bond acceptors (Lipinski definition) is 3. The van der Waals surface area contributed by atoms with Crippen LogP contribution in [0.15, 0.2) is 24.3 Å². The van der Waals surface area contributed by atoms with Gasteiger partial charge >= 0.3 is 0 Å². The fourth-order valence-corrected chi connectivity index (χ4v) is 3.20. The lowest BCUT2D eigenvalue weighted by Crippen LogP contribution is -2.48. The van der Waals surface area contributed by atoms with Gasteiger partial charge in [-0.1, -0.05) is 19.1 Å². The number of piperidine rings is 1. The molecule has 0 bridgehead atoms. The van der Waals surface area contributed by atoms with Gasteiger partial charge in [0.25, 0.3) is 0 Å². The third kappa shape index (κ3) is 4.03. The number of likely N-dealkylation sites (tertiary alicyclic amines) is 1. The summed E-state index contributed by atoms with van der Waals surface area (Å²) in [5.74, 6) is 0.451. The Kier molecular flexibility index (Phi) is 6.02. The molecular formula is C18H26N2O3. The number of benzene rings is 1. The molecule has 0 aromatic heterocycles. The van der Waals surface area contributed by atoms with E-state index in [1.165, 1.54) is 18.2 Å². The molecule has 1 aliphatic rings. The molecule has 1 fully saturated rings. The first-order chi connectivity index (χ1) is 11.1. The van der Waals surface area contributed by atoms with E-state index in [2.05, 4.69) is 6.92 Å². The van der Waals surface area contributed by atoms with Crippen molar-refractivity contribution >= 4 is 17.5 Å². The number of nitrogens with zero attached hydrogens (tertiary/aromatic N) is 2. The molecule has 1 aliphatic heterocycles. The summed E-state index contributed by atoms with van der Waals surface area (Å²) >= 11 is 0. The standard InChI is InChI=1S/C18H26N2O3/c1-4-15-9-7-8-12-19(15)18(22)13-20(14(2)21)16-10-5-6-11-17(16)23-3/h5-6,10-11,15H,4,7-9,12-13H2,1-3H3. The molecule has 1 heterocycles. The van der Waals surface area contributed by atoms with Gasteiger partial charge in [0.1, 0.15) is 12.3 Å². The third-order valence-corrected chi connectivity index (χ3v) is 4.47. The molecule has 0 aliphatic carbocycles. The topological polar surface area (TPSA) is 49.9 Å². The number of amides is 2. The lowest BCUT2D eigenvalue weighted by Gasteiger charge is -2.36. The van der Waals surface area contributed by atoms with Crippen LogP contribution in [0.3, 0.4) is 0 Å². The van der Waals surface area contributed by atoms with Crippen LogP contribution >= 0.6 is 0 Å². The van der Waals surface area contributed by atoms with Crippen molar-refractivity contribution in [2.45, 2.75) is 45.6 Å². The minimum Gasteiger partial charge on any atom is -0.495 e. The van der Waals surface area contributed by atoms with Crippen molar-refractivity contribution in [2.24, 2.45) is 0 Å². The quantitative estimate of drug-likeness (QED) is 0.839. The smallest absolute Gasteiger partial charge is 0.242 e. The molecule has 1 aromatic carbocycles. The van der Waals surface area contributed by atoms with Gasteiger partial charge in [-0.05, 0) is 37.8 Å². The Labute approximate surface area is 138 Å². The van der Waals surface area contributed by atoms with Crippen LogP contribution in [0.25, 0.3) is 0 Å². The molecule has 23 heavy (non-hydrogen) atoms. The van der Waals surface area contributed by atoms with E-state index in [4.69, 9.17) is 4.74 Å². The molecule has 1 aromatic rings. The largest absolute Gasteiger partial charge is 0.495 e. The van der Waals surface area contributed by atoms with Crippen molar-refractivity contribution in [3.63, 3.8) is 0 Å². The Bertz CT molecular complexity index is 559.